The zero-order chi connectivity index (χ0) is 20.0. The van der Waals surface area contributed by atoms with Crippen LogP contribution in [0.2, 0.25) is 0 Å². The highest BCUT2D eigenvalue weighted by molar-refractivity contribution is 9.10. The summed E-state index contributed by atoms with van der Waals surface area (Å²) in [5, 5.41) is 0.999. The lowest BCUT2D eigenvalue weighted by molar-refractivity contribution is 0.0990. The van der Waals surface area contributed by atoms with Crippen molar-refractivity contribution in [2.75, 3.05) is 0 Å². The van der Waals surface area contributed by atoms with Crippen molar-refractivity contribution < 1.29 is 9.59 Å². The molecule has 0 unspecified atom stereocenters. The van der Waals surface area contributed by atoms with Crippen LogP contribution in [-0.2, 0) is 6.54 Å². The van der Waals surface area contributed by atoms with E-state index in [2.05, 4.69) is 38.7 Å². The Labute approximate surface area is 176 Å². The molecule has 0 saturated heterocycles. The minimum Gasteiger partial charge on any atom is -0.342 e. The van der Waals surface area contributed by atoms with Gasteiger partial charge < -0.3 is 4.57 Å². The van der Waals surface area contributed by atoms with Crippen LogP contribution in [0.3, 0.4) is 0 Å². The third-order valence-corrected chi connectivity index (χ3v) is 5.77. The predicted molar refractivity (Wildman–Crippen MR) is 118 cm³/mol. The SMILES string of the molecule is O=C1C(=Cc2cn(Cc3ccccc3)c3ccc(Br)cc23)C(=O)c2ccccc21. The van der Waals surface area contributed by atoms with Gasteiger partial charge in [-0.2, -0.15) is 0 Å². The molecular weight excluding hydrogens is 426 g/mol. The van der Waals surface area contributed by atoms with Gasteiger partial charge in [0.1, 0.15) is 0 Å². The molecule has 1 aliphatic carbocycles. The normalized spacial score (nSPS) is 13.2. The monoisotopic (exact) mass is 441 g/mol. The van der Waals surface area contributed by atoms with Crippen LogP contribution in [0.1, 0.15) is 31.8 Å². The maximum absolute atomic E-state index is 12.8. The van der Waals surface area contributed by atoms with Crippen LogP contribution in [0, 0.1) is 0 Å². The Morgan fingerprint density at radius 2 is 1.48 bits per heavy atom. The van der Waals surface area contributed by atoms with E-state index < -0.39 is 0 Å². The number of hydrogen-bond donors (Lipinski definition) is 0. The lowest BCUT2D eigenvalue weighted by Gasteiger charge is -2.05. The Kier molecular flexibility index (Phi) is 4.29. The second-order valence-electron chi connectivity index (χ2n) is 7.12. The van der Waals surface area contributed by atoms with Crippen LogP contribution in [-0.4, -0.2) is 16.1 Å². The Bertz CT molecular complexity index is 1280. The number of carbonyl (C=O) groups is 2. The molecule has 1 heterocycles. The minimum absolute atomic E-state index is 0.204. The molecule has 140 valence electrons. The van der Waals surface area contributed by atoms with Crippen molar-refractivity contribution in [3.8, 4) is 0 Å². The van der Waals surface area contributed by atoms with Gasteiger partial charge in [-0.25, -0.2) is 0 Å². The fourth-order valence-electron chi connectivity index (χ4n) is 3.88. The van der Waals surface area contributed by atoms with Gasteiger partial charge in [0.25, 0.3) is 0 Å². The highest BCUT2D eigenvalue weighted by atomic mass is 79.9. The molecule has 0 saturated carbocycles. The number of fused-ring (bicyclic) bond motifs is 2. The molecule has 0 amide bonds. The first kappa shape index (κ1) is 17.8. The molecule has 0 atom stereocenters. The lowest BCUT2D eigenvalue weighted by Crippen LogP contribution is -2.00. The van der Waals surface area contributed by atoms with E-state index in [1.165, 1.54) is 5.56 Å². The van der Waals surface area contributed by atoms with Gasteiger partial charge in [-0.05, 0) is 29.8 Å². The smallest absolute Gasteiger partial charge is 0.197 e. The van der Waals surface area contributed by atoms with E-state index in [0.717, 1.165) is 20.9 Å². The third-order valence-electron chi connectivity index (χ3n) is 5.28. The molecule has 0 aliphatic heterocycles. The predicted octanol–water partition coefficient (Wildman–Crippen LogP) is 5.91. The second kappa shape index (κ2) is 6.98. The number of carbonyl (C=O) groups excluding carboxylic acids is 2. The topological polar surface area (TPSA) is 39.1 Å². The highest BCUT2D eigenvalue weighted by Gasteiger charge is 2.32. The number of rotatable bonds is 3. The standard InChI is InChI=1S/C25H16BrNO2/c26-18-10-11-23-21(13-18)17(15-27(23)14-16-6-2-1-3-7-16)12-22-24(28)19-8-4-5-9-20(19)25(22)29/h1-13,15H,14H2. The van der Waals surface area contributed by atoms with Gasteiger partial charge in [0, 0.05) is 44.8 Å². The molecule has 5 rings (SSSR count). The van der Waals surface area contributed by atoms with Crippen LogP contribution in [0.25, 0.3) is 17.0 Å². The van der Waals surface area contributed by atoms with Crippen LogP contribution in [0.4, 0.5) is 0 Å². The van der Waals surface area contributed by atoms with Gasteiger partial charge in [0.2, 0.25) is 0 Å². The summed E-state index contributed by atoms with van der Waals surface area (Å²) in [7, 11) is 0. The van der Waals surface area contributed by atoms with Crippen molar-refractivity contribution in [1.82, 2.24) is 4.57 Å². The fourth-order valence-corrected chi connectivity index (χ4v) is 4.24. The van der Waals surface area contributed by atoms with Crippen molar-refractivity contribution in [2.24, 2.45) is 0 Å². The number of allylic oxidation sites excluding steroid dienone is 1. The molecule has 3 aromatic carbocycles. The second-order valence-corrected chi connectivity index (χ2v) is 8.04. The van der Waals surface area contributed by atoms with Gasteiger partial charge in [-0.3, -0.25) is 9.59 Å². The van der Waals surface area contributed by atoms with Crippen LogP contribution in [0.5, 0.6) is 0 Å². The van der Waals surface area contributed by atoms with E-state index in [4.69, 9.17) is 0 Å². The van der Waals surface area contributed by atoms with Gasteiger partial charge in [-0.1, -0.05) is 70.5 Å². The first-order chi connectivity index (χ1) is 14.1. The van der Waals surface area contributed by atoms with Crippen LogP contribution in [0.15, 0.2) is 89.0 Å². The molecule has 0 radical (unpaired) electrons. The lowest BCUT2D eigenvalue weighted by atomic mass is 10.1. The maximum Gasteiger partial charge on any atom is 0.197 e. The van der Waals surface area contributed by atoms with Gasteiger partial charge in [-0.15, -0.1) is 0 Å². The molecule has 0 fully saturated rings. The molecule has 0 N–H and O–H groups in total. The van der Waals surface area contributed by atoms with E-state index in [1.807, 2.05) is 36.5 Å². The summed E-state index contributed by atoms with van der Waals surface area (Å²) in [6, 6.07) is 23.3. The summed E-state index contributed by atoms with van der Waals surface area (Å²) < 4.78 is 3.11. The van der Waals surface area contributed by atoms with E-state index in [1.54, 1.807) is 30.3 Å². The van der Waals surface area contributed by atoms with Crippen molar-refractivity contribution in [2.45, 2.75) is 6.54 Å². The van der Waals surface area contributed by atoms with E-state index in [0.29, 0.717) is 17.7 Å². The number of benzene rings is 3. The summed E-state index contributed by atoms with van der Waals surface area (Å²) in [5.74, 6) is -0.408. The molecule has 29 heavy (non-hydrogen) atoms. The number of nitrogens with zero attached hydrogens (tertiary/aromatic N) is 1. The van der Waals surface area contributed by atoms with Gasteiger partial charge >= 0.3 is 0 Å². The molecule has 4 heteroatoms. The number of Topliss-reactive ketones (excluding diaryl/α,β-unsaturated/α-hetero) is 2. The van der Waals surface area contributed by atoms with E-state index in [9.17, 15) is 9.59 Å². The fraction of sp³-hybridized carbons (Fsp3) is 0.0400. The first-order valence-corrected chi connectivity index (χ1v) is 10.1. The molecule has 0 spiro atoms. The van der Waals surface area contributed by atoms with Gasteiger partial charge in [0.15, 0.2) is 11.6 Å². The Balaban J connectivity index is 1.64. The molecule has 3 nitrogen and oxygen atoms in total. The van der Waals surface area contributed by atoms with E-state index >= 15 is 0 Å². The van der Waals surface area contributed by atoms with Crippen molar-refractivity contribution in [1.29, 1.82) is 0 Å². The Morgan fingerprint density at radius 3 is 2.17 bits per heavy atom. The van der Waals surface area contributed by atoms with Crippen molar-refractivity contribution in [3.05, 3.63) is 111 Å². The van der Waals surface area contributed by atoms with Crippen LogP contribution >= 0.6 is 15.9 Å². The maximum atomic E-state index is 12.8. The summed E-state index contributed by atoms with van der Waals surface area (Å²) in [6.45, 7) is 0.713. The zero-order valence-electron chi connectivity index (χ0n) is 15.4. The number of hydrogen-bond acceptors (Lipinski definition) is 2. The molecule has 0 bridgehead atoms. The minimum atomic E-state index is -0.204. The number of aromatic nitrogens is 1. The molecule has 1 aliphatic rings. The first-order valence-electron chi connectivity index (χ1n) is 9.34. The molecular formula is C25H16BrNO2. The zero-order valence-corrected chi connectivity index (χ0v) is 17.0. The third kappa shape index (κ3) is 3.06. The largest absolute Gasteiger partial charge is 0.342 e. The Morgan fingerprint density at radius 1 is 0.828 bits per heavy atom. The highest BCUT2D eigenvalue weighted by Crippen LogP contribution is 2.32. The average molecular weight is 442 g/mol. The summed E-state index contributed by atoms with van der Waals surface area (Å²) in [6.07, 6.45) is 3.75. The number of halogens is 1. The number of ketones is 2. The molecule has 1 aromatic heterocycles. The van der Waals surface area contributed by atoms with Crippen molar-refractivity contribution in [3.63, 3.8) is 0 Å². The summed E-state index contributed by atoms with van der Waals surface area (Å²) in [4.78, 5) is 25.6. The van der Waals surface area contributed by atoms with Gasteiger partial charge in [0.05, 0.1) is 5.57 Å². The van der Waals surface area contributed by atoms with Crippen LogP contribution < -0.4 is 0 Å². The summed E-state index contributed by atoms with van der Waals surface area (Å²) >= 11 is 3.54. The Hall–Kier alpha value is -3.24. The summed E-state index contributed by atoms with van der Waals surface area (Å²) in [5.41, 5.74) is 4.30. The average Bonchev–Trinajstić information content (AvgIpc) is 3.19. The quantitative estimate of drug-likeness (QED) is 0.292. The van der Waals surface area contributed by atoms with E-state index in [-0.39, 0.29) is 17.1 Å². The molecule has 4 aromatic rings. The van der Waals surface area contributed by atoms with Crippen molar-refractivity contribution >= 4 is 44.5 Å².